The number of rotatable bonds is 6. The van der Waals surface area contributed by atoms with Crippen molar-refractivity contribution in [3.05, 3.63) is 71.8 Å². The number of anilines is 1. The Kier molecular flexibility index (Phi) is 6.47. The zero-order valence-electron chi connectivity index (χ0n) is 14.9. The predicted molar refractivity (Wildman–Crippen MR) is 108 cm³/mol. The molecule has 0 aliphatic rings. The van der Waals surface area contributed by atoms with Crippen LogP contribution in [-0.4, -0.2) is 21.6 Å². The monoisotopic (exact) mass is 399 g/mol. The maximum atomic E-state index is 13.8. The summed E-state index contributed by atoms with van der Waals surface area (Å²) in [6, 6.07) is 12.7. The van der Waals surface area contributed by atoms with E-state index in [9.17, 15) is 9.18 Å². The Hall–Kier alpha value is -2.38. The van der Waals surface area contributed by atoms with Crippen LogP contribution in [0.1, 0.15) is 11.1 Å². The lowest BCUT2D eigenvalue weighted by Gasteiger charge is -2.09. The summed E-state index contributed by atoms with van der Waals surface area (Å²) in [5.41, 5.74) is 2.23. The molecular weight excluding hydrogens is 381 g/mol. The molecule has 0 aliphatic carbocycles. The Balaban J connectivity index is 1.66. The van der Waals surface area contributed by atoms with E-state index in [0.717, 1.165) is 21.0 Å². The highest BCUT2D eigenvalue weighted by Gasteiger charge is 2.12. The Morgan fingerprint density at radius 2 is 1.78 bits per heavy atom. The molecule has 3 rings (SSSR count). The summed E-state index contributed by atoms with van der Waals surface area (Å²) < 4.78 is 13.8. The zero-order valence-corrected chi connectivity index (χ0v) is 16.5. The molecule has 2 aromatic carbocycles. The first-order chi connectivity index (χ1) is 13.0. The minimum absolute atomic E-state index is 0.119. The highest BCUT2D eigenvalue weighted by molar-refractivity contribution is 8.02. The smallest absolute Gasteiger partial charge is 0.234 e. The van der Waals surface area contributed by atoms with Crippen molar-refractivity contribution < 1.29 is 9.18 Å². The van der Waals surface area contributed by atoms with E-state index in [1.807, 2.05) is 32.0 Å². The third kappa shape index (κ3) is 5.55. The second-order valence-electron chi connectivity index (χ2n) is 5.91. The lowest BCUT2D eigenvalue weighted by atomic mass is 10.2. The van der Waals surface area contributed by atoms with Gasteiger partial charge in [0, 0.05) is 17.3 Å². The van der Waals surface area contributed by atoms with Gasteiger partial charge in [-0.05, 0) is 43.7 Å². The SMILES string of the molecule is Cc1cccc(Sc2nccnc2SCC(=O)Nc2cc(C)ccc2F)c1. The topological polar surface area (TPSA) is 54.9 Å². The number of benzene rings is 2. The normalized spacial score (nSPS) is 10.6. The van der Waals surface area contributed by atoms with Crippen LogP contribution in [0, 0.1) is 19.7 Å². The summed E-state index contributed by atoms with van der Waals surface area (Å²) in [7, 11) is 0. The second kappa shape index (κ2) is 9.01. The number of carbonyl (C=O) groups is 1. The fraction of sp³-hybridized carbons (Fsp3) is 0.150. The minimum atomic E-state index is -0.450. The lowest BCUT2D eigenvalue weighted by Crippen LogP contribution is -2.15. The largest absolute Gasteiger partial charge is 0.323 e. The van der Waals surface area contributed by atoms with Gasteiger partial charge in [0.25, 0.3) is 0 Å². The van der Waals surface area contributed by atoms with Crippen molar-refractivity contribution in [3.63, 3.8) is 0 Å². The van der Waals surface area contributed by atoms with Crippen LogP contribution in [0.3, 0.4) is 0 Å². The van der Waals surface area contributed by atoms with Crippen molar-refractivity contribution in [1.29, 1.82) is 0 Å². The Morgan fingerprint density at radius 3 is 2.56 bits per heavy atom. The molecule has 0 fully saturated rings. The minimum Gasteiger partial charge on any atom is -0.323 e. The number of hydrogen-bond acceptors (Lipinski definition) is 5. The first-order valence-electron chi connectivity index (χ1n) is 8.25. The van der Waals surface area contributed by atoms with Gasteiger partial charge >= 0.3 is 0 Å². The van der Waals surface area contributed by atoms with E-state index in [4.69, 9.17) is 0 Å². The van der Waals surface area contributed by atoms with E-state index in [0.29, 0.717) is 5.03 Å². The summed E-state index contributed by atoms with van der Waals surface area (Å²) in [6.45, 7) is 3.88. The molecule has 1 heterocycles. The second-order valence-corrected chi connectivity index (χ2v) is 7.93. The summed E-state index contributed by atoms with van der Waals surface area (Å²) >= 11 is 2.78. The number of halogens is 1. The lowest BCUT2D eigenvalue weighted by molar-refractivity contribution is -0.113. The van der Waals surface area contributed by atoms with Gasteiger partial charge in [0.15, 0.2) is 0 Å². The summed E-state index contributed by atoms with van der Waals surface area (Å²) in [5.74, 6) is -0.621. The molecule has 0 atom stereocenters. The van der Waals surface area contributed by atoms with E-state index >= 15 is 0 Å². The first kappa shape index (κ1) is 19.4. The van der Waals surface area contributed by atoms with Crippen LogP contribution < -0.4 is 5.32 Å². The molecule has 0 spiro atoms. The van der Waals surface area contributed by atoms with Gasteiger partial charge in [0.1, 0.15) is 15.9 Å². The van der Waals surface area contributed by atoms with Crippen LogP contribution in [0.2, 0.25) is 0 Å². The molecule has 0 saturated carbocycles. The number of nitrogens with zero attached hydrogens (tertiary/aromatic N) is 2. The fourth-order valence-electron chi connectivity index (χ4n) is 2.33. The van der Waals surface area contributed by atoms with Crippen LogP contribution in [0.25, 0.3) is 0 Å². The number of aryl methyl sites for hydroxylation is 2. The van der Waals surface area contributed by atoms with E-state index in [1.165, 1.54) is 29.6 Å². The molecular formula is C20H18FN3OS2. The van der Waals surface area contributed by atoms with Crippen molar-refractivity contribution in [2.24, 2.45) is 0 Å². The van der Waals surface area contributed by atoms with Gasteiger partial charge in [-0.2, -0.15) is 0 Å². The standard InChI is InChI=1S/C20H18FN3OS2/c1-13-4-3-5-15(10-13)27-20-19(22-8-9-23-20)26-12-18(25)24-17-11-14(2)6-7-16(17)21/h3-11H,12H2,1-2H3,(H,24,25). The average Bonchev–Trinajstić information content (AvgIpc) is 2.64. The molecule has 7 heteroatoms. The molecule has 0 bridgehead atoms. The summed E-state index contributed by atoms with van der Waals surface area (Å²) in [4.78, 5) is 22.0. The van der Waals surface area contributed by atoms with E-state index in [2.05, 4.69) is 21.4 Å². The number of carbonyl (C=O) groups excluding carboxylic acids is 1. The van der Waals surface area contributed by atoms with Crippen LogP contribution in [0.4, 0.5) is 10.1 Å². The Morgan fingerprint density at radius 1 is 1.04 bits per heavy atom. The van der Waals surface area contributed by atoms with Gasteiger partial charge in [0.05, 0.1) is 11.4 Å². The molecule has 138 valence electrons. The van der Waals surface area contributed by atoms with E-state index in [1.54, 1.807) is 24.5 Å². The van der Waals surface area contributed by atoms with Gasteiger partial charge < -0.3 is 5.32 Å². The van der Waals surface area contributed by atoms with Gasteiger partial charge in [-0.1, -0.05) is 47.3 Å². The van der Waals surface area contributed by atoms with Gasteiger partial charge in [-0.25, -0.2) is 14.4 Å². The highest BCUT2D eigenvalue weighted by atomic mass is 32.2. The third-order valence-electron chi connectivity index (χ3n) is 3.57. The maximum absolute atomic E-state index is 13.8. The number of hydrogen-bond donors (Lipinski definition) is 1. The van der Waals surface area contributed by atoms with Crippen LogP contribution in [0.15, 0.2) is 69.8 Å². The molecule has 0 unspecified atom stereocenters. The molecule has 1 amide bonds. The molecule has 1 N–H and O–H groups in total. The number of nitrogens with one attached hydrogen (secondary N) is 1. The van der Waals surface area contributed by atoms with Gasteiger partial charge in [0.2, 0.25) is 5.91 Å². The highest BCUT2D eigenvalue weighted by Crippen LogP contribution is 2.32. The average molecular weight is 400 g/mol. The quantitative estimate of drug-likeness (QED) is 0.584. The van der Waals surface area contributed by atoms with Crippen molar-refractivity contribution >= 4 is 35.1 Å². The van der Waals surface area contributed by atoms with E-state index < -0.39 is 5.82 Å². The molecule has 0 aliphatic heterocycles. The van der Waals surface area contributed by atoms with Crippen LogP contribution >= 0.6 is 23.5 Å². The van der Waals surface area contributed by atoms with Crippen molar-refractivity contribution in [2.75, 3.05) is 11.1 Å². The summed E-state index contributed by atoms with van der Waals surface area (Å²) in [6.07, 6.45) is 3.23. The van der Waals surface area contributed by atoms with Crippen LogP contribution in [0.5, 0.6) is 0 Å². The molecule has 0 radical (unpaired) electrons. The molecule has 27 heavy (non-hydrogen) atoms. The van der Waals surface area contributed by atoms with Crippen molar-refractivity contribution in [2.45, 2.75) is 28.8 Å². The van der Waals surface area contributed by atoms with Crippen molar-refractivity contribution in [1.82, 2.24) is 9.97 Å². The molecule has 1 aromatic heterocycles. The summed E-state index contributed by atoms with van der Waals surface area (Å²) in [5, 5.41) is 4.02. The van der Waals surface area contributed by atoms with Gasteiger partial charge in [-0.15, -0.1) is 0 Å². The fourth-order valence-corrected chi connectivity index (χ4v) is 4.15. The number of thioether (sulfide) groups is 1. The van der Waals surface area contributed by atoms with Crippen molar-refractivity contribution in [3.8, 4) is 0 Å². The number of aromatic nitrogens is 2. The molecule has 0 saturated heterocycles. The molecule has 3 aromatic rings. The van der Waals surface area contributed by atoms with E-state index in [-0.39, 0.29) is 17.3 Å². The molecule has 4 nitrogen and oxygen atoms in total. The third-order valence-corrected chi connectivity index (χ3v) is 5.66. The zero-order chi connectivity index (χ0) is 19.2. The Labute approximate surface area is 166 Å². The Bertz CT molecular complexity index is 965. The maximum Gasteiger partial charge on any atom is 0.234 e. The van der Waals surface area contributed by atoms with Gasteiger partial charge in [-0.3, -0.25) is 4.79 Å². The van der Waals surface area contributed by atoms with Crippen LogP contribution in [-0.2, 0) is 4.79 Å². The predicted octanol–water partition coefficient (Wildman–Crippen LogP) is 5.11. The number of amides is 1. The first-order valence-corrected chi connectivity index (χ1v) is 10.1.